The molecule has 0 unspecified atom stereocenters. The first-order chi connectivity index (χ1) is 10.0. The molecule has 1 heterocycles. The summed E-state index contributed by atoms with van der Waals surface area (Å²) in [5, 5.41) is 9.51. The van der Waals surface area contributed by atoms with Gasteiger partial charge in [-0.25, -0.2) is 0 Å². The van der Waals surface area contributed by atoms with Crippen LogP contribution in [0.25, 0.3) is 11.0 Å². The van der Waals surface area contributed by atoms with E-state index in [2.05, 4.69) is 0 Å². The minimum atomic E-state index is -0.948. The lowest BCUT2D eigenvalue weighted by atomic mass is 10.1. The molecule has 2 rings (SSSR count). The zero-order chi connectivity index (χ0) is 15.4. The molecule has 0 aliphatic rings. The lowest BCUT2D eigenvalue weighted by Gasteiger charge is -2.15. The van der Waals surface area contributed by atoms with Crippen molar-refractivity contribution in [3.8, 4) is 0 Å². The zero-order valence-corrected chi connectivity index (χ0v) is 12.0. The predicted octanol–water partition coefficient (Wildman–Crippen LogP) is 2.13. The molecule has 0 radical (unpaired) electrons. The number of nitrogens with zero attached hydrogens (tertiary/aromatic N) is 1. The highest BCUT2D eigenvalue weighted by Gasteiger charge is 2.23. The molecule has 0 aliphatic carbocycles. The number of aliphatic carboxylic acids is 1. The Morgan fingerprint density at radius 3 is 2.71 bits per heavy atom. The van der Waals surface area contributed by atoms with Crippen LogP contribution in [0.2, 0.25) is 0 Å². The number of para-hydroxylation sites is 1. The number of hydrogen-bond donors (Lipinski definition) is 1. The van der Waals surface area contributed by atoms with Crippen LogP contribution in [0.3, 0.4) is 0 Å². The molecule has 112 valence electrons. The molecule has 0 atom stereocenters. The van der Waals surface area contributed by atoms with E-state index in [4.69, 9.17) is 14.3 Å². The van der Waals surface area contributed by atoms with E-state index in [1.54, 1.807) is 20.2 Å². The first-order valence-electron chi connectivity index (χ1n) is 6.51. The van der Waals surface area contributed by atoms with Gasteiger partial charge in [-0.2, -0.15) is 0 Å². The molecule has 1 aromatic heterocycles. The lowest BCUT2D eigenvalue weighted by molar-refractivity contribution is -0.137. The first-order valence-corrected chi connectivity index (χ1v) is 6.51. The fraction of sp³-hybridized carbons (Fsp3) is 0.333. The van der Waals surface area contributed by atoms with Gasteiger partial charge in [-0.3, -0.25) is 9.59 Å². The van der Waals surface area contributed by atoms with Crippen molar-refractivity contribution >= 4 is 22.8 Å². The number of fused-ring (bicyclic) bond motifs is 1. The molecule has 0 saturated heterocycles. The van der Waals surface area contributed by atoms with Gasteiger partial charge in [-0.1, -0.05) is 18.2 Å². The Morgan fingerprint density at radius 2 is 2.05 bits per heavy atom. The summed E-state index contributed by atoms with van der Waals surface area (Å²) in [7, 11) is 3.10. The highest BCUT2D eigenvalue weighted by molar-refractivity contribution is 5.99. The van der Waals surface area contributed by atoms with Gasteiger partial charge in [0.1, 0.15) is 5.58 Å². The van der Waals surface area contributed by atoms with Crippen molar-refractivity contribution in [2.24, 2.45) is 0 Å². The Labute approximate surface area is 121 Å². The molecule has 2 aromatic rings. The maximum absolute atomic E-state index is 12.4. The summed E-state index contributed by atoms with van der Waals surface area (Å²) in [6, 6.07) is 7.33. The fourth-order valence-electron chi connectivity index (χ4n) is 2.10. The zero-order valence-electron chi connectivity index (χ0n) is 12.0. The minimum Gasteiger partial charge on any atom is -0.481 e. The summed E-state index contributed by atoms with van der Waals surface area (Å²) >= 11 is 0. The van der Waals surface area contributed by atoms with E-state index in [0.29, 0.717) is 11.1 Å². The maximum atomic E-state index is 12.4. The van der Waals surface area contributed by atoms with Gasteiger partial charge in [0.2, 0.25) is 0 Å². The van der Waals surface area contributed by atoms with E-state index < -0.39 is 5.97 Å². The Kier molecular flexibility index (Phi) is 4.59. The summed E-state index contributed by atoms with van der Waals surface area (Å²) in [4.78, 5) is 24.3. The molecular formula is C15H17NO5. The van der Waals surface area contributed by atoms with Crippen LogP contribution >= 0.6 is 0 Å². The normalized spacial score (nSPS) is 10.8. The van der Waals surface area contributed by atoms with E-state index >= 15 is 0 Å². The van der Waals surface area contributed by atoms with Crippen LogP contribution in [0.5, 0.6) is 0 Å². The van der Waals surface area contributed by atoms with Gasteiger partial charge in [0.25, 0.3) is 5.91 Å². The van der Waals surface area contributed by atoms with Crippen molar-refractivity contribution in [1.82, 2.24) is 4.90 Å². The van der Waals surface area contributed by atoms with Crippen LogP contribution in [0, 0.1) is 0 Å². The second kappa shape index (κ2) is 6.41. The quantitative estimate of drug-likeness (QED) is 0.881. The molecule has 1 N–H and O–H groups in total. The third-order valence-corrected chi connectivity index (χ3v) is 3.19. The Hall–Kier alpha value is -2.34. The maximum Gasteiger partial charge on any atom is 0.305 e. The van der Waals surface area contributed by atoms with Crippen molar-refractivity contribution in [2.75, 3.05) is 20.7 Å². The van der Waals surface area contributed by atoms with Crippen molar-refractivity contribution in [3.63, 3.8) is 0 Å². The third-order valence-electron chi connectivity index (χ3n) is 3.19. The molecule has 1 aromatic carbocycles. The van der Waals surface area contributed by atoms with Gasteiger partial charge in [-0.05, 0) is 6.07 Å². The molecule has 6 nitrogen and oxygen atoms in total. The number of carboxylic acids is 1. The summed E-state index contributed by atoms with van der Waals surface area (Å²) in [5.74, 6) is -1.10. The van der Waals surface area contributed by atoms with Crippen LogP contribution in [0.15, 0.2) is 28.7 Å². The van der Waals surface area contributed by atoms with E-state index in [0.717, 1.165) is 5.39 Å². The topological polar surface area (TPSA) is 80.0 Å². The van der Waals surface area contributed by atoms with Crippen molar-refractivity contribution in [2.45, 2.75) is 13.0 Å². The molecule has 21 heavy (non-hydrogen) atoms. The average molecular weight is 291 g/mol. The van der Waals surface area contributed by atoms with Crippen LogP contribution in [-0.4, -0.2) is 42.6 Å². The standard InChI is InChI=1S/C15H17NO5/c1-16(8-7-13(17)18)15(19)14-11(9-20-2)10-5-3-4-6-12(10)21-14/h3-6H,7-9H2,1-2H3,(H,17,18). The monoisotopic (exact) mass is 291 g/mol. The van der Waals surface area contributed by atoms with E-state index in [1.165, 1.54) is 4.90 Å². The molecule has 1 amide bonds. The number of methoxy groups -OCH3 is 1. The molecule has 0 fully saturated rings. The lowest BCUT2D eigenvalue weighted by Crippen LogP contribution is -2.29. The number of carboxylic acid groups (broad SMARTS) is 1. The van der Waals surface area contributed by atoms with Crippen LogP contribution in [-0.2, 0) is 16.1 Å². The average Bonchev–Trinajstić information content (AvgIpc) is 2.83. The number of amides is 1. The molecule has 0 bridgehead atoms. The van der Waals surface area contributed by atoms with E-state index in [-0.39, 0.29) is 31.2 Å². The highest BCUT2D eigenvalue weighted by atomic mass is 16.5. The summed E-state index contributed by atoms with van der Waals surface area (Å²) in [6.07, 6.45) is -0.109. The fourth-order valence-corrected chi connectivity index (χ4v) is 2.10. The highest BCUT2D eigenvalue weighted by Crippen LogP contribution is 2.27. The van der Waals surface area contributed by atoms with Gasteiger partial charge < -0.3 is 19.2 Å². The Balaban J connectivity index is 2.33. The summed E-state index contributed by atoms with van der Waals surface area (Å²) < 4.78 is 10.8. The number of hydrogen-bond acceptors (Lipinski definition) is 4. The Bertz CT molecular complexity index is 661. The number of carbonyl (C=O) groups is 2. The largest absolute Gasteiger partial charge is 0.481 e. The van der Waals surface area contributed by atoms with Crippen LogP contribution in [0.4, 0.5) is 0 Å². The van der Waals surface area contributed by atoms with E-state index in [1.807, 2.05) is 18.2 Å². The molecular weight excluding hydrogens is 274 g/mol. The number of furan rings is 1. The predicted molar refractivity (Wildman–Crippen MR) is 76.1 cm³/mol. The van der Waals surface area contributed by atoms with E-state index in [9.17, 15) is 9.59 Å². The number of carbonyl (C=O) groups excluding carboxylic acids is 1. The molecule has 0 aliphatic heterocycles. The van der Waals surface area contributed by atoms with Gasteiger partial charge >= 0.3 is 5.97 Å². The van der Waals surface area contributed by atoms with Crippen molar-refractivity contribution < 1.29 is 23.8 Å². The minimum absolute atomic E-state index is 0.109. The van der Waals surface area contributed by atoms with Gasteiger partial charge in [0, 0.05) is 31.7 Å². The number of rotatable bonds is 6. The summed E-state index contributed by atoms with van der Waals surface area (Å²) in [5.41, 5.74) is 1.29. The number of ether oxygens (including phenoxy) is 1. The summed E-state index contributed by atoms with van der Waals surface area (Å²) in [6.45, 7) is 0.377. The smallest absolute Gasteiger partial charge is 0.305 e. The molecule has 6 heteroatoms. The Morgan fingerprint density at radius 1 is 1.33 bits per heavy atom. The van der Waals surface area contributed by atoms with Gasteiger partial charge in [0.05, 0.1) is 13.0 Å². The third kappa shape index (κ3) is 3.22. The van der Waals surface area contributed by atoms with Crippen molar-refractivity contribution in [3.05, 3.63) is 35.6 Å². The molecule has 0 spiro atoms. The van der Waals surface area contributed by atoms with Crippen molar-refractivity contribution in [1.29, 1.82) is 0 Å². The first kappa shape index (κ1) is 15.1. The second-order valence-electron chi connectivity index (χ2n) is 4.71. The van der Waals surface area contributed by atoms with Crippen LogP contribution < -0.4 is 0 Å². The number of benzene rings is 1. The second-order valence-corrected chi connectivity index (χ2v) is 4.71. The molecule has 0 saturated carbocycles. The van der Waals surface area contributed by atoms with Gasteiger partial charge in [0.15, 0.2) is 5.76 Å². The van der Waals surface area contributed by atoms with Crippen LogP contribution in [0.1, 0.15) is 22.5 Å². The SMILES string of the molecule is COCc1c(C(=O)N(C)CCC(=O)O)oc2ccccc12. The van der Waals surface area contributed by atoms with Gasteiger partial charge in [-0.15, -0.1) is 0 Å².